The van der Waals surface area contributed by atoms with Crippen molar-refractivity contribution in [3.05, 3.63) is 59.7 Å². The van der Waals surface area contributed by atoms with Crippen molar-refractivity contribution in [2.24, 2.45) is 0 Å². The van der Waals surface area contributed by atoms with Gasteiger partial charge < -0.3 is 9.84 Å². The van der Waals surface area contributed by atoms with Crippen molar-refractivity contribution in [3.8, 4) is 5.75 Å². The van der Waals surface area contributed by atoms with Crippen molar-refractivity contribution in [2.45, 2.75) is 11.3 Å². The fourth-order valence-electron chi connectivity index (χ4n) is 1.77. The Morgan fingerprint density at radius 1 is 1.10 bits per heavy atom. The lowest BCUT2D eigenvalue weighted by Crippen LogP contribution is -1.95. The zero-order chi connectivity index (χ0) is 14.4. The number of carbonyl (C=O) groups is 1. The van der Waals surface area contributed by atoms with E-state index in [2.05, 4.69) is 12.1 Å². The minimum absolute atomic E-state index is 0.324. The number of benzene rings is 2. The van der Waals surface area contributed by atoms with Gasteiger partial charge in [0.15, 0.2) is 0 Å². The SMILES string of the molecule is COc1ccc(CCSc2ccc(C(=O)O)cc2)cc1. The third-order valence-corrected chi connectivity index (χ3v) is 3.93. The van der Waals surface area contributed by atoms with Crippen LogP contribution in [0.1, 0.15) is 15.9 Å². The first-order valence-electron chi connectivity index (χ1n) is 6.28. The largest absolute Gasteiger partial charge is 0.497 e. The smallest absolute Gasteiger partial charge is 0.335 e. The van der Waals surface area contributed by atoms with Gasteiger partial charge in [0, 0.05) is 10.6 Å². The molecule has 0 radical (unpaired) electrons. The molecule has 1 N–H and O–H groups in total. The highest BCUT2D eigenvalue weighted by molar-refractivity contribution is 7.99. The molecule has 0 saturated carbocycles. The number of carboxylic acid groups (broad SMARTS) is 1. The second-order valence-electron chi connectivity index (χ2n) is 4.28. The lowest BCUT2D eigenvalue weighted by Gasteiger charge is -2.04. The summed E-state index contributed by atoms with van der Waals surface area (Å²) in [5, 5.41) is 8.83. The van der Waals surface area contributed by atoms with Crippen molar-refractivity contribution < 1.29 is 14.6 Å². The summed E-state index contributed by atoms with van der Waals surface area (Å²) in [6, 6.07) is 15.0. The predicted molar refractivity (Wildman–Crippen MR) is 80.8 cm³/mol. The van der Waals surface area contributed by atoms with E-state index in [1.807, 2.05) is 24.3 Å². The average molecular weight is 288 g/mol. The highest BCUT2D eigenvalue weighted by Gasteiger charge is 2.02. The first-order chi connectivity index (χ1) is 9.69. The van der Waals surface area contributed by atoms with E-state index in [9.17, 15) is 4.79 Å². The molecule has 0 fully saturated rings. The Kier molecular flexibility index (Phi) is 5.07. The van der Waals surface area contributed by atoms with Crippen molar-refractivity contribution in [3.63, 3.8) is 0 Å². The van der Waals surface area contributed by atoms with Crippen LogP contribution in [0, 0.1) is 0 Å². The van der Waals surface area contributed by atoms with E-state index in [-0.39, 0.29) is 0 Å². The first kappa shape index (κ1) is 14.5. The van der Waals surface area contributed by atoms with Gasteiger partial charge in [-0.25, -0.2) is 4.79 Å². The summed E-state index contributed by atoms with van der Waals surface area (Å²) in [5.41, 5.74) is 1.59. The summed E-state index contributed by atoms with van der Waals surface area (Å²) >= 11 is 1.72. The quantitative estimate of drug-likeness (QED) is 0.823. The van der Waals surface area contributed by atoms with Crippen LogP contribution in [-0.4, -0.2) is 23.9 Å². The average Bonchev–Trinajstić information content (AvgIpc) is 2.48. The highest BCUT2D eigenvalue weighted by atomic mass is 32.2. The normalized spacial score (nSPS) is 10.2. The van der Waals surface area contributed by atoms with Gasteiger partial charge in [0.1, 0.15) is 5.75 Å². The molecular weight excluding hydrogens is 272 g/mol. The molecule has 0 aliphatic carbocycles. The molecule has 0 spiro atoms. The Morgan fingerprint density at radius 3 is 2.30 bits per heavy atom. The van der Waals surface area contributed by atoms with Crippen molar-refractivity contribution >= 4 is 17.7 Å². The summed E-state index contributed by atoms with van der Waals surface area (Å²) < 4.78 is 5.12. The number of ether oxygens (including phenoxy) is 1. The van der Waals surface area contributed by atoms with Gasteiger partial charge in [-0.1, -0.05) is 12.1 Å². The van der Waals surface area contributed by atoms with Gasteiger partial charge in [0.25, 0.3) is 0 Å². The maximum atomic E-state index is 10.7. The number of methoxy groups -OCH3 is 1. The Labute approximate surface area is 122 Å². The maximum absolute atomic E-state index is 10.7. The molecule has 0 bridgehead atoms. The van der Waals surface area contributed by atoms with E-state index in [4.69, 9.17) is 9.84 Å². The van der Waals surface area contributed by atoms with Gasteiger partial charge in [-0.3, -0.25) is 0 Å². The summed E-state index contributed by atoms with van der Waals surface area (Å²) in [5.74, 6) is 0.934. The number of aryl methyl sites for hydroxylation is 1. The summed E-state index contributed by atoms with van der Waals surface area (Å²) in [7, 11) is 1.66. The van der Waals surface area contributed by atoms with Crippen molar-refractivity contribution in [1.82, 2.24) is 0 Å². The second-order valence-corrected chi connectivity index (χ2v) is 5.44. The molecule has 0 unspecified atom stereocenters. The number of hydrogen-bond acceptors (Lipinski definition) is 3. The lowest BCUT2D eigenvalue weighted by molar-refractivity contribution is 0.0697. The predicted octanol–water partition coefficient (Wildman–Crippen LogP) is 3.73. The lowest BCUT2D eigenvalue weighted by atomic mass is 10.2. The van der Waals surface area contributed by atoms with Gasteiger partial charge in [-0.2, -0.15) is 0 Å². The Balaban J connectivity index is 1.84. The van der Waals surface area contributed by atoms with E-state index in [1.54, 1.807) is 31.0 Å². The monoisotopic (exact) mass is 288 g/mol. The number of thioether (sulfide) groups is 1. The molecule has 20 heavy (non-hydrogen) atoms. The van der Waals surface area contributed by atoms with Crippen LogP contribution < -0.4 is 4.74 Å². The van der Waals surface area contributed by atoms with Crippen LogP contribution in [-0.2, 0) is 6.42 Å². The molecular formula is C16H16O3S. The van der Waals surface area contributed by atoms with Crippen LogP contribution in [0.3, 0.4) is 0 Å². The molecule has 3 nitrogen and oxygen atoms in total. The fourth-order valence-corrected chi connectivity index (χ4v) is 2.67. The zero-order valence-electron chi connectivity index (χ0n) is 11.2. The second kappa shape index (κ2) is 7.01. The molecule has 0 aliphatic heterocycles. The third kappa shape index (κ3) is 4.03. The molecule has 104 valence electrons. The van der Waals surface area contributed by atoms with Crippen molar-refractivity contribution in [1.29, 1.82) is 0 Å². The molecule has 0 aromatic heterocycles. The Hall–Kier alpha value is -1.94. The van der Waals surface area contributed by atoms with E-state index < -0.39 is 5.97 Å². The van der Waals surface area contributed by atoms with Crippen LogP contribution >= 0.6 is 11.8 Å². The minimum atomic E-state index is -0.889. The third-order valence-electron chi connectivity index (χ3n) is 2.92. The van der Waals surface area contributed by atoms with Crippen LogP contribution in [0.25, 0.3) is 0 Å². The summed E-state index contributed by atoms with van der Waals surface area (Å²) in [6.07, 6.45) is 0.968. The Bertz CT molecular complexity index is 561. The molecule has 2 rings (SSSR count). The Morgan fingerprint density at radius 2 is 1.75 bits per heavy atom. The molecule has 0 saturated heterocycles. The number of carboxylic acids is 1. The maximum Gasteiger partial charge on any atom is 0.335 e. The van der Waals surface area contributed by atoms with Crippen molar-refractivity contribution in [2.75, 3.05) is 12.9 Å². The van der Waals surface area contributed by atoms with Gasteiger partial charge in [0.2, 0.25) is 0 Å². The van der Waals surface area contributed by atoms with E-state index in [0.29, 0.717) is 5.56 Å². The van der Waals surface area contributed by atoms with Crippen LogP contribution in [0.15, 0.2) is 53.4 Å². The summed E-state index contributed by atoms with van der Waals surface area (Å²) in [6.45, 7) is 0. The molecule has 2 aromatic carbocycles. The molecule has 2 aromatic rings. The van der Waals surface area contributed by atoms with Gasteiger partial charge in [0.05, 0.1) is 12.7 Å². The molecule has 0 aliphatic rings. The first-order valence-corrected chi connectivity index (χ1v) is 7.26. The molecule has 0 amide bonds. The van der Waals surface area contributed by atoms with Crippen LogP contribution in [0.2, 0.25) is 0 Å². The standard InChI is InChI=1S/C16H16O3S/c1-19-14-6-2-12(3-7-14)10-11-20-15-8-4-13(5-9-15)16(17)18/h2-9H,10-11H2,1H3,(H,17,18). The van der Waals surface area contributed by atoms with Gasteiger partial charge >= 0.3 is 5.97 Å². The van der Waals surface area contributed by atoms with E-state index >= 15 is 0 Å². The van der Waals surface area contributed by atoms with E-state index in [0.717, 1.165) is 22.8 Å². The zero-order valence-corrected chi connectivity index (χ0v) is 12.0. The van der Waals surface area contributed by atoms with E-state index in [1.165, 1.54) is 5.56 Å². The van der Waals surface area contributed by atoms with Crippen LogP contribution in [0.4, 0.5) is 0 Å². The van der Waals surface area contributed by atoms with Gasteiger partial charge in [-0.05, 0) is 48.4 Å². The topological polar surface area (TPSA) is 46.5 Å². The van der Waals surface area contributed by atoms with Gasteiger partial charge in [-0.15, -0.1) is 11.8 Å². The fraction of sp³-hybridized carbons (Fsp3) is 0.188. The number of aromatic carboxylic acids is 1. The highest BCUT2D eigenvalue weighted by Crippen LogP contribution is 2.20. The minimum Gasteiger partial charge on any atom is -0.497 e. The number of hydrogen-bond donors (Lipinski definition) is 1. The van der Waals surface area contributed by atoms with Crippen LogP contribution in [0.5, 0.6) is 5.75 Å². The summed E-state index contributed by atoms with van der Waals surface area (Å²) in [4.78, 5) is 11.8. The molecule has 4 heteroatoms. The number of rotatable bonds is 6. The molecule has 0 atom stereocenters. The molecule has 0 heterocycles.